The van der Waals surface area contributed by atoms with E-state index in [-0.39, 0.29) is 0 Å². The molecule has 11 heavy (non-hydrogen) atoms. The number of hydrogen-bond acceptors (Lipinski definition) is 0. The summed E-state index contributed by atoms with van der Waals surface area (Å²) in [7, 11) is 0. The van der Waals surface area contributed by atoms with Crippen LogP contribution in [-0.2, 0) is 0 Å². The SMILES string of the molecule is [CH2]CCC(CC)(CC)CCBr. The first-order valence-corrected chi connectivity index (χ1v) is 5.72. The van der Waals surface area contributed by atoms with Gasteiger partial charge in [0.25, 0.3) is 0 Å². The number of halogens is 1. The summed E-state index contributed by atoms with van der Waals surface area (Å²) < 4.78 is 0. The van der Waals surface area contributed by atoms with E-state index >= 15 is 0 Å². The Morgan fingerprint density at radius 1 is 1.18 bits per heavy atom. The molecule has 0 aromatic rings. The van der Waals surface area contributed by atoms with Crippen LogP contribution >= 0.6 is 15.9 Å². The molecule has 0 saturated heterocycles. The molecule has 0 aromatic carbocycles. The summed E-state index contributed by atoms with van der Waals surface area (Å²) in [5, 5.41) is 1.13. The molecule has 0 aliphatic heterocycles. The van der Waals surface area contributed by atoms with Crippen LogP contribution in [0.4, 0.5) is 0 Å². The van der Waals surface area contributed by atoms with Crippen LogP contribution in [0.15, 0.2) is 0 Å². The van der Waals surface area contributed by atoms with Crippen molar-refractivity contribution in [2.45, 2.75) is 46.0 Å². The Labute approximate surface area is 79.9 Å². The highest BCUT2D eigenvalue weighted by Crippen LogP contribution is 2.35. The molecule has 0 saturated carbocycles. The third kappa shape index (κ3) is 3.59. The summed E-state index contributed by atoms with van der Waals surface area (Å²) in [5.74, 6) is 0. The smallest absolute Gasteiger partial charge is 0.00365 e. The molecule has 0 nitrogen and oxygen atoms in total. The Bertz CT molecular complexity index is 76.9. The van der Waals surface area contributed by atoms with Crippen molar-refractivity contribution in [2.24, 2.45) is 5.41 Å². The van der Waals surface area contributed by atoms with Crippen molar-refractivity contribution in [1.82, 2.24) is 0 Å². The van der Waals surface area contributed by atoms with Crippen LogP contribution in [0.1, 0.15) is 46.0 Å². The van der Waals surface area contributed by atoms with Crippen LogP contribution in [-0.4, -0.2) is 5.33 Å². The first kappa shape index (κ1) is 11.5. The second-order valence-corrected chi connectivity index (χ2v) is 4.04. The maximum absolute atomic E-state index is 3.93. The van der Waals surface area contributed by atoms with Gasteiger partial charge in [-0.3, -0.25) is 0 Å². The molecular formula is C10H20Br. The molecule has 0 bridgehead atoms. The minimum absolute atomic E-state index is 0.575. The molecular weight excluding hydrogens is 200 g/mol. The lowest BCUT2D eigenvalue weighted by molar-refractivity contribution is 0.233. The van der Waals surface area contributed by atoms with Gasteiger partial charge in [0, 0.05) is 5.33 Å². The lowest BCUT2D eigenvalue weighted by Gasteiger charge is -2.30. The second kappa shape index (κ2) is 6.05. The molecule has 0 rings (SSSR count). The van der Waals surface area contributed by atoms with E-state index in [0.29, 0.717) is 5.41 Å². The third-order valence-corrected chi connectivity index (χ3v) is 3.23. The van der Waals surface area contributed by atoms with Crippen molar-refractivity contribution in [2.75, 3.05) is 5.33 Å². The van der Waals surface area contributed by atoms with Gasteiger partial charge in [0.05, 0.1) is 0 Å². The molecule has 0 aromatic heterocycles. The van der Waals surface area contributed by atoms with Gasteiger partial charge >= 0.3 is 0 Å². The van der Waals surface area contributed by atoms with E-state index in [4.69, 9.17) is 0 Å². The molecule has 0 N–H and O–H groups in total. The summed E-state index contributed by atoms with van der Waals surface area (Å²) in [6.07, 6.45) is 6.26. The molecule has 0 spiro atoms. The summed E-state index contributed by atoms with van der Waals surface area (Å²) in [4.78, 5) is 0. The fourth-order valence-corrected chi connectivity index (χ4v) is 2.50. The van der Waals surface area contributed by atoms with Crippen LogP contribution in [0, 0.1) is 12.3 Å². The molecule has 67 valence electrons. The summed E-state index contributed by atoms with van der Waals surface area (Å²) in [6, 6.07) is 0. The van der Waals surface area contributed by atoms with Gasteiger partial charge in [0.15, 0.2) is 0 Å². The second-order valence-electron chi connectivity index (χ2n) is 3.25. The van der Waals surface area contributed by atoms with Crippen LogP contribution < -0.4 is 0 Å². The van der Waals surface area contributed by atoms with Gasteiger partial charge in [0.2, 0.25) is 0 Å². The first-order chi connectivity index (χ1) is 5.24. The van der Waals surface area contributed by atoms with E-state index in [2.05, 4.69) is 36.7 Å². The summed E-state index contributed by atoms with van der Waals surface area (Å²) in [6.45, 7) is 8.52. The molecule has 1 radical (unpaired) electrons. The van der Waals surface area contributed by atoms with E-state index in [1.807, 2.05) is 0 Å². The lowest BCUT2D eigenvalue weighted by Crippen LogP contribution is -2.19. The van der Waals surface area contributed by atoms with Crippen molar-refractivity contribution in [3.05, 3.63) is 6.92 Å². The Morgan fingerprint density at radius 2 is 1.73 bits per heavy atom. The van der Waals surface area contributed by atoms with Gasteiger partial charge in [-0.2, -0.15) is 0 Å². The van der Waals surface area contributed by atoms with Gasteiger partial charge in [-0.05, 0) is 18.3 Å². The predicted octanol–water partition coefficient (Wildman–Crippen LogP) is 4.19. The van der Waals surface area contributed by atoms with Crippen LogP contribution in [0.3, 0.4) is 0 Å². The van der Waals surface area contributed by atoms with Crippen LogP contribution in [0.25, 0.3) is 0 Å². The number of alkyl halides is 1. The average molecular weight is 220 g/mol. The zero-order valence-corrected chi connectivity index (χ0v) is 9.41. The maximum atomic E-state index is 3.93. The van der Waals surface area contributed by atoms with Gasteiger partial charge in [-0.1, -0.05) is 56.0 Å². The van der Waals surface area contributed by atoms with Gasteiger partial charge < -0.3 is 0 Å². The van der Waals surface area contributed by atoms with Crippen molar-refractivity contribution < 1.29 is 0 Å². The molecule has 0 fully saturated rings. The maximum Gasteiger partial charge on any atom is 0.00365 e. The molecule has 0 aliphatic rings. The van der Waals surface area contributed by atoms with E-state index in [1.165, 1.54) is 25.7 Å². The van der Waals surface area contributed by atoms with Gasteiger partial charge in [-0.25, -0.2) is 0 Å². The van der Waals surface area contributed by atoms with E-state index < -0.39 is 0 Å². The molecule has 1 heteroatoms. The zero-order valence-electron chi connectivity index (χ0n) is 7.83. The molecule has 0 heterocycles. The Morgan fingerprint density at radius 3 is 2.00 bits per heavy atom. The zero-order chi connectivity index (χ0) is 8.74. The first-order valence-electron chi connectivity index (χ1n) is 4.60. The topological polar surface area (TPSA) is 0 Å². The van der Waals surface area contributed by atoms with Crippen LogP contribution in [0.2, 0.25) is 0 Å². The highest BCUT2D eigenvalue weighted by molar-refractivity contribution is 9.09. The fraction of sp³-hybridized carbons (Fsp3) is 0.900. The molecule has 0 unspecified atom stereocenters. The van der Waals surface area contributed by atoms with E-state index in [9.17, 15) is 0 Å². The predicted molar refractivity (Wildman–Crippen MR) is 56.0 cm³/mol. The highest BCUT2D eigenvalue weighted by atomic mass is 79.9. The Hall–Kier alpha value is 0.480. The molecule has 0 aliphatic carbocycles. The van der Waals surface area contributed by atoms with Crippen molar-refractivity contribution in [3.8, 4) is 0 Å². The lowest BCUT2D eigenvalue weighted by atomic mass is 9.76. The fourth-order valence-electron chi connectivity index (χ4n) is 1.66. The number of hydrogen-bond donors (Lipinski definition) is 0. The third-order valence-electron chi connectivity index (χ3n) is 2.83. The normalized spacial score (nSPS) is 12.0. The van der Waals surface area contributed by atoms with E-state index in [0.717, 1.165) is 11.8 Å². The standard InChI is InChI=1S/C10H20Br/c1-4-7-10(5-2,6-3)8-9-11/h1,4-9H2,2-3H3. The van der Waals surface area contributed by atoms with Crippen molar-refractivity contribution in [1.29, 1.82) is 0 Å². The largest absolute Gasteiger partial charge is 0.0928 e. The van der Waals surface area contributed by atoms with Crippen LogP contribution in [0.5, 0.6) is 0 Å². The molecule has 0 atom stereocenters. The van der Waals surface area contributed by atoms with Gasteiger partial charge in [0.1, 0.15) is 0 Å². The summed E-state index contributed by atoms with van der Waals surface area (Å²) >= 11 is 3.52. The quantitative estimate of drug-likeness (QED) is 0.588. The minimum atomic E-state index is 0.575. The average Bonchev–Trinajstić information content (AvgIpc) is 2.04. The Kier molecular flexibility index (Phi) is 6.31. The monoisotopic (exact) mass is 219 g/mol. The number of rotatable bonds is 6. The minimum Gasteiger partial charge on any atom is -0.0928 e. The van der Waals surface area contributed by atoms with Crippen molar-refractivity contribution >= 4 is 15.9 Å². The summed E-state index contributed by atoms with van der Waals surface area (Å²) in [5.41, 5.74) is 0.575. The van der Waals surface area contributed by atoms with Crippen molar-refractivity contribution in [3.63, 3.8) is 0 Å². The van der Waals surface area contributed by atoms with E-state index in [1.54, 1.807) is 0 Å². The van der Waals surface area contributed by atoms with Gasteiger partial charge in [-0.15, -0.1) is 0 Å². The Balaban J connectivity index is 3.96. The molecule has 0 amide bonds. The highest BCUT2D eigenvalue weighted by Gasteiger charge is 2.23.